The summed E-state index contributed by atoms with van der Waals surface area (Å²) in [6.07, 6.45) is 0. The van der Waals surface area contributed by atoms with Gasteiger partial charge in [0.25, 0.3) is 0 Å². The number of methoxy groups -OCH3 is 2. The lowest BCUT2D eigenvalue weighted by Gasteiger charge is -2.13. The number of rotatable bonds is 3. The normalized spacial score (nSPS) is 10.4. The molecule has 0 unspecified atom stereocenters. The fourth-order valence-corrected chi connectivity index (χ4v) is 2.12. The summed E-state index contributed by atoms with van der Waals surface area (Å²) >= 11 is 6.05. The molecule has 0 spiro atoms. The number of nitrogens with two attached hydrogens (primary N) is 1. The number of esters is 1. The van der Waals surface area contributed by atoms with E-state index in [9.17, 15) is 9.18 Å². The lowest BCUT2D eigenvalue weighted by molar-refractivity contribution is 0.0590. The second kappa shape index (κ2) is 6.19. The van der Waals surface area contributed by atoms with Crippen molar-refractivity contribution in [1.82, 2.24) is 4.98 Å². The summed E-state index contributed by atoms with van der Waals surface area (Å²) in [5.74, 6) is -1.72. The summed E-state index contributed by atoms with van der Waals surface area (Å²) in [7, 11) is 2.45. The third-order valence-electron chi connectivity index (χ3n) is 3.16. The summed E-state index contributed by atoms with van der Waals surface area (Å²) in [6.45, 7) is 1.82. The third kappa shape index (κ3) is 2.69. The van der Waals surface area contributed by atoms with Crippen LogP contribution in [0.4, 0.5) is 10.1 Å². The van der Waals surface area contributed by atoms with Crippen molar-refractivity contribution in [3.05, 3.63) is 40.3 Å². The Bertz CT molecular complexity index is 750. The predicted octanol–water partition coefficient (Wildman–Crippen LogP) is 3.23. The molecule has 2 rings (SSSR count). The highest BCUT2D eigenvalue weighted by molar-refractivity contribution is 6.31. The number of carbonyl (C=O) groups excluding carboxylic acids is 1. The lowest BCUT2D eigenvalue weighted by atomic mass is 10.1. The van der Waals surface area contributed by atoms with Gasteiger partial charge in [-0.25, -0.2) is 14.2 Å². The van der Waals surface area contributed by atoms with Gasteiger partial charge in [-0.1, -0.05) is 23.7 Å². The topological polar surface area (TPSA) is 74.4 Å². The highest BCUT2D eigenvalue weighted by atomic mass is 35.5. The second-order valence-corrected chi connectivity index (χ2v) is 4.93. The van der Waals surface area contributed by atoms with Crippen LogP contribution in [0.1, 0.15) is 16.1 Å². The van der Waals surface area contributed by atoms with Gasteiger partial charge in [0.05, 0.1) is 14.2 Å². The van der Waals surface area contributed by atoms with Crippen molar-refractivity contribution in [3.63, 3.8) is 0 Å². The summed E-state index contributed by atoms with van der Waals surface area (Å²) in [5, 5.41) is 0.452. The van der Waals surface area contributed by atoms with Gasteiger partial charge < -0.3 is 15.2 Å². The predicted molar refractivity (Wildman–Crippen MR) is 81.7 cm³/mol. The van der Waals surface area contributed by atoms with Crippen LogP contribution in [0, 0.1) is 12.7 Å². The molecule has 0 aliphatic carbocycles. The van der Waals surface area contributed by atoms with E-state index in [2.05, 4.69) is 9.72 Å². The minimum absolute atomic E-state index is 0.0967. The zero-order valence-electron chi connectivity index (χ0n) is 12.2. The average Bonchev–Trinajstić information content (AvgIpc) is 2.51. The Morgan fingerprint density at radius 2 is 2.05 bits per heavy atom. The molecule has 0 saturated heterocycles. The van der Waals surface area contributed by atoms with E-state index < -0.39 is 11.8 Å². The number of hydrogen-bond donors (Lipinski definition) is 1. The summed E-state index contributed by atoms with van der Waals surface area (Å²) in [6, 6.07) is 4.91. The van der Waals surface area contributed by atoms with E-state index in [-0.39, 0.29) is 22.8 Å². The first kappa shape index (κ1) is 16.0. The van der Waals surface area contributed by atoms with Crippen LogP contribution in [0.5, 0.6) is 5.75 Å². The van der Waals surface area contributed by atoms with Crippen LogP contribution < -0.4 is 10.5 Å². The van der Waals surface area contributed by atoms with Gasteiger partial charge in [-0.15, -0.1) is 0 Å². The maximum Gasteiger partial charge on any atom is 0.360 e. The van der Waals surface area contributed by atoms with Crippen LogP contribution in [0.2, 0.25) is 5.02 Å². The van der Waals surface area contributed by atoms with Crippen LogP contribution in [-0.2, 0) is 4.74 Å². The van der Waals surface area contributed by atoms with Crippen LogP contribution in [0.3, 0.4) is 0 Å². The van der Waals surface area contributed by atoms with E-state index >= 15 is 0 Å². The molecule has 0 fully saturated rings. The number of ether oxygens (including phenoxy) is 2. The minimum Gasteiger partial charge on any atom is -0.492 e. The van der Waals surface area contributed by atoms with Crippen molar-refractivity contribution in [1.29, 1.82) is 0 Å². The molecule has 0 saturated carbocycles. The van der Waals surface area contributed by atoms with Gasteiger partial charge in [-0.3, -0.25) is 0 Å². The summed E-state index contributed by atoms with van der Waals surface area (Å²) in [4.78, 5) is 15.8. The number of carbonyl (C=O) groups is 1. The molecule has 0 atom stereocenters. The van der Waals surface area contributed by atoms with E-state index in [1.165, 1.54) is 14.2 Å². The zero-order valence-corrected chi connectivity index (χ0v) is 13.0. The van der Waals surface area contributed by atoms with Crippen molar-refractivity contribution in [2.24, 2.45) is 0 Å². The molecule has 0 aliphatic heterocycles. The quantitative estimate of drug-likeness (QED) is 0.877. The Labute approximate surface area is 131 Å². The highest BCUT2D eigenvalue weighted by Gasteiger charge is 2.24. The molecule has 7 heteroatoms. The first-order valence-electron chi connectivity index (χ1n) is 6.28. The highest BCUT2D eigenvalue weighted by Crippen LogP contribution is 2.35. The molecule has 0 bridgehead atoms. The van der Waals surface area contributed by atoms with Crippen molar-refractivity contribution < 1.29 is 18.7 Å². The van der Waals surface area contributed by atoms with Gasteiger partial charge in [0, 0.05) is 10.6 Å². The minimum atomic E-state index is -0.788. The van der Waals surface area contributed by atoms with Crippen molar-refractivity contribution in [2.75, 3.05) is 20.0 Å². The third-order valence-corrected chi connectivity index (χ3v) is 3.56. The second-order valence-electron chi connectivity index (χ2n) is 4.53. The molecule has 2 aromatic rings. The van der Waals surface area contributed by atoms with Crippen molar-refractivity contribution in [2.45, 2.75) is 6.92 Å². The van der Waals surface area contributed by atoms with Gasteiger partial charge >= 0.3 is 5.97 Å². The molecule has 116 valence electrons. The van der Waals surface area contributed by atoms with Crippen LogP contribution in [-0.4, -0.2) is 25.2 Å². The van der Waals surface area contributed by atoms with Crippen LogP contribution >= 0.6 is 11.6 Å². The van der Waals surface area contributed by atoms with E-state index in [0.29, 0.717) is 10.6 Å². The first-order valence-corrected chi connectivity index (χ1v) is 6.66. The number of pyridine rings is 1. The number of hydrogen-bond acceptors (Lipinski definition) is 5. The van der Waals surface area contributed by atoms with E-state index in [1.54, 1.807) is 18.2 Å². The Morgan fingerprint density at radius 1 is 1.36 bits per heavy atom. The number of benzene rings is 1. The maximum atomic E-state index is 14.5. The molecule has 0 radical (unpaired) electrons. The number of halogens is 2. The van der Waals surface area contributed by atoms with Gasteiger partial charge in [0.15, 0.2) is 17.3 Å². The number of aromatic nitrogens is 1. The molecule has 2 N–H and O–H groups in total. The molecule has 0 amide bonds. The van der Waals surface area contributed by atoms with Crippen molar-refractivity contribution >= 4 is 23.3 Å². The Kier molecular flexibility index (Phi) is 4.51. The van der Waals surface area contributed by atoms with E-state index in [0.717, 1.165) is 5.56 Å². The monoisotopic (exact) mass is 324 g/mol. The maximum absolute atomic E-state index is 14.5. The van der Waals surface area contributed by atoms with Gasteiger partial charge in [0.2, 0.25) is 0 Å². The van der Waals surface area contributed by atoms with Gasteiger partial charge in [-0.2, -0.15) is 0 Å². The van der Waals surface area contributed by atoms with Crippen LogP contribution in [0.25, 0.3) is 11.3 Å². The number of nitrogen functional groups attached to an aromatic ring is 1. The molecule has 22 heavy (non-hydrogen) atoms. The Morgan fingerprint density at radius 3 is 2.59 bits per heavy atom. The molecule has 1 heterocycles. The number of anilines is 1. The molecule has 1 aromatic heterocycles. The SMILES string of the molecule is COC(=O)c1nc(-c2ccc(C)c(Cl)c2)c(F)c(N)c1OC. The van der Waals surface area contributed by atoms with E-state index in [4.69, 9.17) is 22.1 Å². The van der Waals surface area contributed by atoms with Gasteiger partial charge in [-0.05, 0) is 18.6 Å². The molecule has 0 aliphatic rings. The summed E-state index contributed by atoms with van der Waals surface area (Å²) < 4.78 is 24.0. The smallest absolute Gasteiger partial charge is 0.360 e. The fourth-order valence-electron chi connectivity index (χ4n) is 1.94. The first-order chi connectivity index (χ1) is 10.4. The lowest BCUT2D eigenvalue weighted by Crippen LogP contribution is -2.12. The number of aryl methyl sites for hydroxylation is 1. The fraction of sp³-hybridized carbons (Fsp3) is 0.200. The van der Waals surface area contributed by atoms with Crippen LogP contribution in [0.15, 0.2) is 18.2 Å². The Balaban J connectivity index is 2.73. The number of nitrogens with zero attached hydrogens (tertiary/aromatic N) is 1. The van der Waals surface area contributed by atoms with Gasteiger partial charge in [0.1, 0.15) is 11.4 Å². The van der Waals surface area contributed by atoms with E-state index in [1.807, 2.05) is 6.92 Å². The largest absolute Gasteiger partial charge is 0.492 e. The molecule has 1 aromatic carbocycles. The molecule has 5 nitrogen and oxygen atoms in total. The Hall–Kier alpha value is -2.34. The average molecular weight is 325 g/mol. The standard InChI is InChI=1S/C15H14ClFN2O3/c1-7-4-5-8(6-9(7)16)12-10(17)11(18)14(21-2)13(19-12)15(20)22-3/h4-6H,1-3H3,(H2,18,19). The summed E-state index contributed by atoms with van der Waals surface area (Å²) in [5.41, 5.74) is 6.33. The molecular formula is C15H14ClFN2O3. The molecular weight excluding hydrogens is 311 g/mol. The zero-order chi connectivity index (χ0) is 16.4. The van der Waals surface area contributed by atoms with Crippen molar-refractivity contribution in [3.8, 4) is 17.0 Å².